The van der Waals surface area contributed by atoms with Gasteiger partial charge in [-0.05, 0) is 56.9 Å². The normalized spacial score (nSPS) is 41.4. The van der Waals surface area contributed by atoms with Gasteiger partial charge in [0.05, 0.1) is 0 Å². The van der Waals surface area contributed by atoms with E-state index >= 15 is 0 Å². The van der Waals surface area contributed by atoms with Crippen molar-refractivity contribution in [3.63, 3.8) is 0 Å². The molecule has 0 bridgehead atoms. The van der Waals surface area contributed by atoms with Gasteiger partial charge in [0, 0.05) is 19.1 Å². The van der Waals surface area contributed by atoms with E-state index in [1.54, 1.807) is 0 Å². The summed E-state index contributed by atoms with van der Waals surface area (Å²) >= 11 is 0. The minimum absolute atomic E-state index is 0.801. The third-order valence-corrected chi connectivity index (χ3v) is 4.84. The first-order valence-corrected chi connectivity index (χ1v) is 7.14. The lowest BCUT2D eigenvalue weighted by molar-refractivity contribution is 0.0966. The zero-order valence-corrected chi connectivity index (χ0v) is 11.0. The molecule has 0 radical (unpaired) electrons. The first-order chi connectivity index (χ1) is 7.70. The Labute approximate surface area is 101 Å². The molecular formula is C14H28N2. The van der Waals surface area contributed by atoms with Crippen molar-refractivity contribution in [3.8, 4) is 0 Å². The number of nitrogens with zero attached hydrogens (tertiary/aromatic N) is 1. The molecule has 0 aromatic carbocycles. The van der Waals surface area contributed by atoms with E-state index < -0.39 is 0 Å². The Morgan fingerprint density at radius 3 is 2.56 bits per heavy atom. The zero-order chi connectivity index (χ0) is 11.5. The standard InChI is InChI=1S/C14H28N2/c1-11-6-7-12(2)16(9-11)10-14-5-3-4-13(14)8-15/h11-14H,3-10,15H2,1-2H3. The fraction of sp³-hybridized carbons (Fsp3) is 1.00. The largest absolute Gasteiger partial charge is 0.330 e. The van der Waals surface area contributed by atoms with Crippen LogP contribution in [0.5, 0.6) is 0 Å². The molecule has 0 spiro atoms. The highest BCUT2D eigenvalue weighted by Gasteiger charge is 2.31. The summed E-state index contributed by atoms with van der Waals surface area (Å²) in [4.78, 5) is 2.73. The van der Waals surface area contributed by atoms with Crippen LogP contribution in [-0.2, 0) is 0 Å². The van der Waals surface area contributed by atoms with E-state index in [1.807, 2.05) is 0 Å². The highest BCUT2D eigenvalue weighted by molar-refractivity contribution is 4.84. The van der Waals surface area contributed by atoms with Crippen LogP contribution in [-0.4, -0.2) is 30.6 Å². The summed E-state index contributed by atoms with van der Waals surface area (Å²) < 4.78 is 0. The first kappa shape index (κ1) is 12.4. The molecule has 4 unspecified atom stereocenters. The van der Waals surface area contributed by atoms with Gasteiger partial charge >= 0.3 is 0 Å². The Kier molecular flexibility index (Phi) is 4.26. The summed E-state index contributed by atoms with van der Waals surface area (Å²) in [5.74, 6) is 2.59. The molecular weight excluding hydrogens is 196 g/mol. The Morgan fingerprint density at radius 1 is 1.06 bits per heavy atom. The second-order valence-corrected chi connectivity index (χ2v) is 6.17. The summed E-state index contributed by atoms with van der Waals surface area (Å²) in [6, 6.07) is 0.801. The molecule has 4 atom stereocenters. The summed E-state index contributed by atoms with van der Waals surface area (Å²) in [5.41, 5.74) is 5.87. The van der Waals surface area contributed by atoms with Crippen molar-refractivity contribution in [1.29, 1.82) is 0 Å². The third kappa shape index (κ3) is 2.78. The van der Waals surface area contributed by atoms with Crippen LogP contribution in [0.2, 0.25) is 0 Å². The molecule has 0 aromatic rings. The minimum Gasteiger partial charge on any atom is -0.330 e. The van der Waals surface area contributed by atoms with E-state index in [9.17, 15) is 0 Å². The van der Waals surface area contributed by atoms with Crippen molar-refractivity contribution in [3.05, 3.63) is 0 Å². The lowest BCUT2D eigenvalue weighted by Gasteiger charge is -2.39. The van der Waals surface area contributed by atoms with Gasteiger partial charge in [-0.1, -0.05) is 13.3 Å². The van der Waals surface area contributed by atoms with E-state index in [4.69, 9.17) is 5.73 Å². The average molecular weight is 224 g/mol. The van der Waals surface area contributed by atoms with E-state index in [0.29, 0.717) is 0 Å². The van der Waals surface area contributed by atoms with Crippen molar-refractivity contribution in [2.45, 2.75) is 52.0 Å². The molecule has 0 aromatic heterocycles. The molecule has 2 N–H and O–H groups in total. The van der Waals surface area contributed by atoms with E-state index in [0.717, 1.165) is 30.3 Å². The number of piperidine rings is 1. The van der Waals surface area contributed by atoms with Crippen molar-refractivity contribution >= 4 is 0 Å². The van der Waals surface area contributed by atoms with Gasteiger partial charge in [-0.25, -0.2) is 0 Å². The second kappa shape index (κ2) is 5.50. The van der Waals surface area contributed by atoms with Crippen LogP contribution in [0.25, 0.3) is 0 Å². The van der Waals surface area contributed by atoms with Gasteiger partial charge in [0.1, 0.15) is 0 Å². The van der Waals surface area contributed by atoms with E-state index in [1.165, 1.54) is 45.2 Å². The number of hydrogen-bond donors (Lipinski definition) is 1. The second-order valence-electron chi connectivity index (χ2n) is 6.17. The van der Waals surface area contributed by atoms with Gasteiger partial charge in [0.25, 0.3) is 0 Å². The Hall–Kier alpha value is -0.0800. The van der Waals surface area contributed by atoms with Crippen molar-refractivity contribution in [2.24, 2.45) is 23.5 Å². The lowest BCUT2D eigenvalue weighted by atomic mass is 9.91. The van der Waals surface area contributed by atoms with Crippen LogP contribution in [0, 0.1) is 17.8 Å². The van der Waals surface area contributed by atoms with Gasteiger partial charge in [-0.3, -0.25) is 0 Å². The number of rotatable bonds is 3. The summed E-state index contributed by atoms with van der Waals surface area (Å²) in [7, 11) is 0. The quantitative estimate of drug-likeness (QED) is 0.798. The number of nitrogens with two attached hydrogens (primary N) is 1. The maximum atomic E-state index is 5.87. The highest BCUT2D eigenvalue weighted by atomic mass is 15.2. The molecule has 16 heavy (non-hydrogen) atoms. The molecule has 1 saturated carbocycles. The van der Waals surface area contributed by atoms with Crippen LogP contribution < -0.4 is 5.73 Å². The molecule has 94 valence electrons. The first-order valence-electron chi connectivity index (χ1n) is 7.14. The Balaban J connectivity index is 1.87. The maximum absolute atomic E-state index is 5.87. The minimum atomic E-state index is 0.801. The van der Waals surface area contributed by atoms with Gasteiger partial charge in [0.15, 0.2) is 0 Å². The molecule has 1 heterocycles. The topological polar surface area (TPSA) is 29.3 Å². The Bertz CT molecular complexity index is 217. The molecule has 1 aliphatic carbocycles. The molecule has 0 amide bonds. The SMILES string of the molecule is CC1CCC(C)N(CC2CCCC2CN)C1. The molecule has 2 rings (SSSR count). The fourth-order valence-electron chi connectivity index (χ4n) is 3.60. The molecule has 2 fully saturated rings. The van der Waals surface area contributed by atoms with Gasteiger partial charge < -0.3 is 10.6 Å². The van der Waals surface area contributed by atoms with Crippen LogP contribution in [0.1, 0.15) is 46.0 Å². The predicted molar refractivity (Wildman–Crippen MR) is 69.3 cm³/mol. The van der Waals surface area contributed by atoms with E-state index in [-0.39, 0.29) is 0 Å². The third-order valence-electron chi connectivity index (χ3n) is 4.84. The molecule has 2 heteroatoms. The van der Waals surface area contributed by atoms with Crippen LogP contribution in [0.15, 0.2) is 0 Å². The van der Waals surface area contributed by atoms with Crippen LogP contribution in [0.3, 0.4) is 0 Å². The van der Waals surface area contributed by atoms with Gasteiger partial charge in [-0.2, -0.15) is 0 Å². The fourth-order valence-corrected chi connectivity index (χ4v) is 3.60. The predicted octanol–water partition coefficient (Wildman–Crippen LogP) is 2.48. The van der Waals surface area contributed by atoms with Crippen LogP contribution in [0.4, 0.5) is 0 Å². The number of likely N-dealkylation sites (tertiary alicyclic amines) is 1. The average Bonchev–Trinajstić information content (AvgIpc) is 2.71. The molecule has 2 aliphatic rings. The molecule has 1 aliphatic heterocycles. The smallest absolute Gasteiger partial charge is 0.00672 e. The lowest BCUT2D eigenvalue weighted by Crippen LogP contribution is -2.44. The van der Waals surface area contributed by atoms with Gasteiger partial charge in [-0.15, -0.1) is 0 Å². The zero-order valence-electron chi connectivity index (χ0n) is 11.0. The van der Waals surface area contributed by atoms with Crippen molar-refractivity contribution in [2.75, 3.05) is 19.6 Å². The summed E-state index contributed by atoms with van der Waals surface area (Å²) in [6.45, 7) is 8.33. The Morgan fingerprint density at radius 2 is 1.81 bits per heavy atom. The van der Waals surface area contributed by atoms with Crippen LogP contribution >= 0.6 is 0 Å². The van der Waals surface area contributed by atoms with Crippen molar-refractivity contribution in [1.82, 2.24) is 4.90 Å². The highest BCUT2D eigenvalue weighted by Crippen LogP contribution is 2.33. The van der Waals surface area contributed by atoms with E-state index in [2.05, 4.69) is 18.7 Å². The van der Waals surface area contributed by atoms with Gasteiger partial charge in [0.2, 0.25) is 0 Å². The monoisotopic (exact) mass is 224 g/mol. The number of hydrogen-bond acceptors (Lipinski definition) is 2. The maximum Gasteiger partial charge on any atom is 0.00672 e. The summed E-state index contributed by atoms with van der Waals surface area (Å²) in [6.07, 6.45) is 7.01. The van der Waals surface area contributed by atoms with Crippen molar-refractivity contribution < 1.29 is 0 Å². The molecule has 2 nitrogen and oxygen atoms in total. The molecule has 1 saturated heterocycles. The summed E-state index contributed by atoms with van der Waals surface area (Å²) in [5, 5.41) is 0.